The molecule has 1 heterocycles. The van der Waals surface area contributed by atoms with Crippen molar-refractivity contribution in [2.45, 2.75) is 102 Å². The van der Waals surface area contributed by atoms with Gasteiger partial charge < -0.3 is 9.30 Å². The Morgan fingerprint density at radius 3 is 1.92 bits per heavy atom. The number of thiazole rings is 1. The fraction of sp³-hybridized carbons (Fsp3) is 0.567. The number of fused-ring (bicyclic) bond motifs is 1. The second-order valence-corrected chi connectivity index (χ2v) is 12.7. The van der Waals surface area contributed by atoms with Gasteiger partial charge in [0.1, 0.15) is 5.75 Å². The van der Waals surface area contributed by atoms with Crippen molar-refractivity contribution in [1.82, 2.24) is 9.40 Å². The van der Waals surface area contributed by atoms with Crippen LogP contribution in [0.1, 0.15) is 96.8 Å². The first-order valence-corrected chi connectivity index (χ1v) is 16.6. The quantitative estimate of drug-likeness (QED) is 0.120. The Labute approximate surface area is 233 Å². The minimum absolute atomic E-state index is 0.161. The van der Waals surface area contributed by atoms with Crippen molar-refractivity contribution in [2.75, 3.05) is 6.61 Å². The summed E-state index contributed by atoms with van der Waals surface area (Å²) in [5, 5.41) is 4.15. The average molecular weight is 560 g/mol. The molecule has 0 saturated carbocycles. The SMILES string of the molecule is CCCCCCCCCCCCCCCCOc1ccc(S(=O)(=O)N/N=c2/sc3ccccc3n2C)cc1. The summed E-state index contributed by atoms with van der Waals surface area (Å²) in [5.41, 5.74) is 1.01. The fourth-order valence-corrected chi connectivity index (χ4v) is 6.39. The number of aromatic nitrogens is 1. The molecular weight excluding hydrogens is 514 g/mol. The molecule has 3 aromatic rings. The van der Waals surface area contributed by atoms with Gasteiger partial charge in [-0.2, -0.15) is 13.2 Å². The lowest BCUT2D eigenvalue weighted by Crippen LogP contribution is -2.23. The topological polar surface area (TPSA) is 72.7 Å². The molecule has 0 saturated heterocycles. The molecule has 2 aromatic carbocycles. The third-order valence-corrected chi connectivity index (χ3v) is 9.21. The molecule has 38 heavy (non-hydrogen) atoms. The summed E-state index contributed by atoms with van der Waals surface area (Å²) in [6.07, 6.45) is 18.6. The Bertz CT molecular complexity index is 1250. The van der Waals surface area contributed by atoms with Crippen LogP contribution < -0.4 is 14.4 Å². The molecule has 0 unspecified atom stereocenters. The van der Waals surface area contributed by atoms with E-state index in [2.05, 4.69) is 16.9 Å². The van der Waals surface area contributed by atoms with Crippen molar-refractivity contribution >= 4 is 31.6 Å². The minimum Gasteiger partial charge on any atom is -0.494 e. The van der Waals surface area contributed by atoms with Crippen LogP contribution in [-0.4, -0.2) is 19.6 Å². The summed E-state index contributed by atoms with van der Waals surface area (Å²) >= 11 is 1.43. The normalized spacial score (nSPS) is 12.3. The van der Waals surface area contributed by atoms with Crippen LogP contribution in [0.4, 0.5) is 0 Å². The van der Waals surface area contributed by atoms with Crippen molar-refractivity contribution in [3.05, 3.63) is 53.3 Å². The van der Waals surface area contributed by atoms with Gasteiger partial charge in [-0.3, -0.25) is 0 Å². The number of rotatable bonds is 19. The molecule has 1 aromatic heterocycles. The third-order valence-electron chi connectivity index (χ3n) is 6.88. The van der Waals surface area contributed by atoms with Gasteiger partial charge in [0, 0.05) is 7.05 Å². The summed E-state index contributed by atoms with van der Waals surface area (Å²) in [4.78, 5) is 3.11. The van der Waals surface area contributed by atoms with Crippen LogP contribution in [-0.2, 0) is 17.1 Å². The molecular formula is C30H45N3O3S2. The Kier molecular flexibility index (Phi) is 13.2. The van der Waals surface area contributed by atoms with Crippen LogP contribution in [0.15, 0.2) is 58.5 Å². The lowest BCUT2D eigenvalue weighted by Gasteiger charge is -2.08. The van der Waals surface area contributed by atoms with Gasteiger partial charge in [0.25, 0.3) is 10.0 Å². The molecule has 0 aliphatic rings. The van der Waals surface area contributed by atoms with Gasteiger partial charge in [-0.05, 0) is 42.8 Å². The highest BCUT2D eigenvalue weighted by Crippen LogP contribution is 2.18. The van der Waals surface area contributed by atoms with Gasteiger partial charge in [0.2, 0.25) is 4.80 Å². The second-order valence-electron chi connectivity index (χ2n) is 10.0. The van der Waals surface area contributed by atoms with Gasteiger partial charge in [-0.15, -0.1) is 5.10 Å². The zero-order chi connectivity index (χ0) is 27.1. The number of nitrogens with zero attached hydrogens (tertiary/aromatic N) is 2. The predicted molar refractivity (Wildman–Crippen MR) is 159 cm³/mol. The number of unbranched alkanes of at least 4 members (excludes halogenated alkanes) is 13. The van der Waals surface area contributed by atoms with Gasteiger partial charge in [0.15, 0.2) is 0 Å². The molecule has 0 bridgehead atoms. The number of hydrogen-bond donors (Lipinski definition) is 1. The Hall–Kier alpha value is -2.32. The molecule has 0 radical (unpaired) electrons. The lowest BCUT2D eigenvalue weighted by molar-refractivity contribution is 0.304. The van der Waals surface area contributed by atoms with Crippen LogP contribution in [0.3, 0.4) is 0 Å². The van der Waals surface area contributed by atoms with E-state index in [4.69, 9.17) is 4.74 Å². The number of ether oxygens (including phenoxy) is 1. The Balaban J connectivity index is 1.28. The number of aryl methyl sites for hydroxylation is 1. The first-order valence-electron chi connectivity index (χ1n) is 14.3. The van der Waals surface area contributed by atoms with Crippen molar-refractivity contribution in [1.29, 1.82) is 0 Å². The monoisotopic (exact) mass is 559 g/mol. The lowest BCUT2D eigenvalue weighted by atomic mass is 10.0. The highest BCUT2D eigenvalue weighted by Gasteiger charge is 2.13. The van der Waals surface area contributed by atoms with E-state index in [1.54, 1.807) is 24.3 Å². The molecule has 0 fully saturated rings. The number of sulfonamides is 1. The number of nitrogens with one attached hydrogen (secondary N) is 1. The first-order chi connectivity index (χ1) is 18.5. The van der Waals surface area contributed by atoms with E-state index in [9.17, 15) is 8.42 Å². The van der Waals surface area contributed by atoms with E-state index in [1.807, 2.05) is 35.9 Å². The molecule has 0 atom stereocenters. The summed E-state index contributed by atoms with van der Waals surface area (Å²) in [6.45, 7) is 2.92. The maximum Gasteiger partial charge on any atom is 0.276 e. The fourth-order valence-electron chi connectivity index (χ4n) is 4.54. The van der Waals surface area contributed by atoms with E-state index < -0.39 is 10.0 Å². The van der Waals surface area contributed by atoms with Gasteiger partial charge in [-0.25, -0.2) is 0 Å². The van der Waals surface area contributed by atoms with E-state index in [-0.39, 0.29) is 4.90 Å². The van der Waals surface area contributed by atoms with Crippen molar-refractivity contribution in [2.24, 2.45) is 12.1 Å². The molecule has 210 valence electrons. The Morgan fingerprint density at radius 1 is 0.789 bits per heavy atom. The average Bonchev–Trinajstić information content (AvgIpc) is 3.25. The van der Waals surface area contributed by atoms with E-state index in [1.165, 1.54) is 94.8 Å². The molecule has 0 aliphatic heterocycles. The Morgan fingerprint density at radius 2 is 1.34 bits per heavy atom. The maximum absolute atomic E-state index is 12.7. The first kappa shape index (κ1) is 30.2. The smallest absolute Gasteiger partial charge is 0.276 e. The number of hydrogen-bond acceptors (Lipinski definition) is 5. The zero-order valence-electron chi connectivity index (χ0n) is 23.2. The summed E-state index contributed by atoms with van der Waals surface area (Å²) in [6, 6.07) is 14.4. The highest BCUT2D eigenvalue weighted by molar-refractivity contribution is 7.89. The van der Waals surface area contributed by atoms with Crippen LogP contribution in [0, 0.1) is 0 Å². The summed E-state index contributed by atoms with van der Waals surface area (Å²) < 4.78 is 34.1. The van der Waals surface area contributed by atoms with Crippen molar-refractivity contribution in [3.8, 4) is 5.75 Å². The van der Waals surface area contributed by atoms with Crippen LogP contribution >= 0.6 is 11.3 Å². The van der Waals surface area contributed by atoms with E-state index in [0.29, 0.717) is 17.2 Å². The van der Waals surface area contributed by atoms with E-state index >= 15 is 0 Å². The van der Waals surface area contributed by atoms with Gasteiger partial charge >= 0.3 is 0 Å². The van der Waals surface area contributed by atoms with Crippen molar-refractivity contribution < 1.29 is 13.2 Å². The second kappa shape index (κ2) is 16.6. The van der Waals surface area contributed by atoms with Crippen LogP contribution in [0.5, 0.6) is 5.75 Å². The highest BCUT2D eigenvalue weighted by atomic mass is 32.2. The maximum atomic E-state index is 12.7. The molecule has 3 rings (SSSR count). The van der Waals surface area contributed by atoms with Crippen molar-refractivity contribution in [3.63, 3.8) is 0 Å². The molecule has 0 amide bonds. The van der Waals surface area contributed by atoms with Gasteiger partial charge in [-0.1, -0.05) is 114 Å². The number of benzene rings is 2. The number of para-hydroxylation sites is 1. The zero-order valence-corrected chi connectivity index (χ0v) is 24.8. The summed E-state index contributed by atoms with van der Waals surface area (Å²) in [5.74, 6) is 0.687. The molecule has 0 aliphatic carbocycles. The minimum atomic E-state index is -3.76. The summed E-state index contributed by atoms with van der Waals surface area (Å²) in [7, 11) is -1.89. The van der Waals surface area contributed by atoms with E-state index in [0.717, 1.165) is 16.6 Å². The predicted octanol–water partition coefficient (Wildman–Crippen LogP) is 7.89. The third kappa shape index (κ3) is 10.1. The van der Waals surface area contributed by atoms with Crippen LogP contribution in [0.25, 0.3) is 10.2 Å². The molecule has 6 nitrogen and oxygen atoms in total. The molecule has 8 heteroatoms. The molecule has 0 spiro atoms. The van der Waals surface area contributed by atoms with Crippen LogP contribution in [0.2, 0.25) is 0 Å². The molecule has 1 N–H and O–H groups in total. The standard InChI is InChI=1S/C30H45N3O3S2/c1-3-4-5-6-7-8-9-10-11-12-13-14-15-18-25-36-26-21-23-27(24-22-26)38(34,35)32-31-30-33(2)28-19-16-17-20-29(28)37-30/h16-17,19-24,32H,3-15,18,25H2,1-2H3/b31-30+. The van der Waals surface area contributed by atoms with Gasteiger partial charge in [0.05, 0.1) is 21.7 Å². The largest absolute Gasteiger partial charge is 0.494 e.